The Bertz CT molecular complexity index is 936. The van der Waals surface area contributed by atoms with Crippen molar-refractivity contribution >= 4 is 16.8 Å². The zero-order valence-electron chi connectivity index (χ0n) is 15.2. The smallest absolute Gasteiger partial charge is 0.422 e. The third-order valence-electron chi connectivity index (χ3n) is 4.28. The van der Waals surface area contributed by atoms with Crippen molar-refractivity contribution in [3.05, 3.63) is 60.0 Å². The number of carbonyl (C=O) groups excluding carboxylic acids is 1. The maximum absolute atomic E-state index is 12.2. The summed E-state index contributed by atoms with van der Waals surface area (Å²) in [4.78, 5) is 19.5. The fourth-order valence-electron chi connectivity index (χ4n) is 2.87. The number of hydrogen-bond donors (Lipinski definition) is 2. The van der Waals surface area contributed by atoms with Crippen LogP contribution in [0, 0.1) is 0 Å². The van der Waals surface area contributed by atoms with E-state index in [4.69, 9.17) is 0 Å². The number of hydrogen-bond acceptors (Lipinski definition) is 3. The van der Waals surface area contributed by atoms with Crippen molar-refractivity contribution in [2.45, 2.75) is 32.0 Å². The van der Waals surface area contributed by atoms with Crippen LogP contribution in [0.4, 0.5) is 13.2 Å². The Kier molecular flexibility index (Phi) is 5.87. The lowest BCUT2D eigenvalue weighted by atomic mass is 10.1. The first-order valence-corrected chi connectivity index (χ1v) is 8.82. The number of benzene rings is 1. The third kappa shape index (κ3) is 5.25. The number of ether oxygens (including phenoxy) is 1. The van der Waals surface area contributed by atoms with Gasteiger partial charge in [-0.3, -0.25) is 9.78 Å². The van der Waals surface area contributed by atoms with Gasteiger partial charge in [-0.25, -0.2) is 0 Å². The van der Waals surface area contributed by atoms with Gasteiger partial charge in [-0.1, -0.05) is 18.2 Å². The highest BCUT2D eigenvalue weighted by Crippen LogP contribution is 2.21. The van der Waals surface area contributed by atoms with E-state index in [1.807, 2.05) is 30.5 Å². The van der Waals surface area contributed by atoms with Crippen molar-refractivity contribution < 1.29 is 22.7 Å². The summed E-state index contributed by atoms with van der Waals surface area (Å²) in [5.74, 6) is -0.101. The number of alkyl halides is 3. The van der Waals surface area contributed by atoms with Crippen LogP contribution in [-0.2, 0) is 11.2 Å². The van der Waals surface area contributed by atoms with Crippen molar-refractivity contribution in [3.8, 4) is 5.75 Å². The van der Waals surface area contributed by atoms with Gasteiger partial charge in [0.15, 0.2) is 6.61 Å². The number of para-hydroxylation sites is 1. The molecule has 1 aromatic carbocycles. The molecule has 2 aromatic heterocycles. The molecule has 1 unspecified atom stereocenters. The van der Waals surface area contributed by atoms with Gasteiger partial charge in [0.25, 0.3) is 0 Å². The monoisotopic (exact) mass is 391 g/mol. The number of aryl methyl sites for hydroxylation is 1. The molecule has 1 amide bonds. The summed E-state index contributed by atoms with van der Waals surface area (Å²) >= 11 is 0. The summed E-state index contributed by atoms with van der Waals surface area (Å²) in [6, 6.07) is 10.5. The molecule has 2 heterocycles. The lowest BCUT2D eigenvalue weighted by Gasteiger charge is -2.14. The number of halogens is 3. The van der Waals surface area contributed by atoms with Crippen LogP contribution >= 0.6 is 0 Å². The number of aromatic nitrogens is 2. The van der Waals surface area contributed by atoms with E-state index in [-0.39, 0.29) is 17.7 Å². The van der Waals surface area contributed by atoms with Crippen LogP contribution in [0.2, 0.25) is 0 Å². The molecule has 3 aromatic rings. The van der Waals surface area contributed by atoms with E-state index in [1.165, 1.54) is 18.3 Å². The zero-order valence-corrected chi connectivity index (χ0v) is 15.2. The second-order valence-corrected chi connectivity index (χ2v) is 6.47. The lowest BCUT2D eigenvalue weighted by molar-refractivity contribution is -0.153. The van der Waals surface area contributed by atoms with E-state index in [9.17, 15) is 18.0 Å². The number of aromatic amines is 1. The Morgan fingerprint density at radius 3 is 2.75 bits per heavy atom. The van der Waals surface area contributed by atoms with E-state index in [2.05, 4.69) is 20.0 Å². The predicted octanol–water partition coefficient (Wildman–Crippen LogP) is 4.31. The van der Waals surface area contributed by atoms with Crippen LogP contribution < -0.4 is 10.1 Å². The highest BCUT2D eigenvalue weighted by molar-refractivity contribution is 5.84. The Morgan fingerprint density at radius 2 is 2.04 bits per heavy atom. The maximum atomic E-state index is 12.2. The maximum Gasteiger partial charge on any atom is 0.422 e. The standard InChI is InChI=1S/C20H20F3N3O2/c1-13(17-8-7-15(11-25-17)28-12-20(21,22)23)26-19(27)9-6-14-10-24-18-5-3-2-4-16(14)18/h2-5,7-8,10-11,13,24H,6,9,12H2,1H3,(H,26,27). The summed E-state index contributed by atoms with van der Waals surface area (Å²) in [6.07, 6.45) is -0.359. The SMILES string of the molecule is CC(NC(=O)CCc1c[nH]c2ccccc12)c1ccc(OCC(F)(F)F)cn1. The molecular formula is C20H20F3N3O2. The first-order chi connectivity index (χ1) is 13.3. The minimum Gasteiger partial charge on any atom is -0.483 e. The average molecular weight is 391 g/mol. The van der Waals surface area contributed by atoms with Crippen LogP contribution in [0.25, 0.3) is 10.9 Å². The molecular weight excluding hydrogens is 371 g/mol. The van der Waals surface area contributed by atoms with Crippen molar-refractivity contribution in [2.75, 3.05) is 6.61 Å². The second kappa shape index (κ2) is 8.33. The van der Waals surface area contributed by atoms with Gasteiger partial charge in [0.05, 0.1) is 17.9 Å². The van der Waals surface area contributed by atoms with Gasteiger partial charge < -0.3 is 15.0 Å². The topological polar surface area (TPSA) is 67.0 Å². The van der Waals surface area contributed by atoms with E-state index in [0.717, 1.165) is 16.5 Å². The molecule has 0 bridgehead atoms. The van der Waals surface area contributed by atoms with Crippen molar-refractivity contribution in [2.24, 2.45) is 0 Å². The molecule has 0 fully saturated rings. The summed E-state index contributed by atoms with van der Waals surface area (Å²) in [5.41, 5.74) is 2.64. The van der Waals surface area contributed by atoms with Gasteiger partial charge in [0.1, 0.15) is 5.75 Å². The Morgan fingerprint density at radius 1 is 1.25 bits per heavy atom. The summed E-state index contributed by atoms with van der Waals surface area (Å²) in [7, 11) is 0. The van der Waals surface area contributed by atoms with Crippen molar-refractivity contribution in [1.82, 2.24) is 15.3 Å². The van der Waals surface area contributed by atoms with Crippen LogP contribution in [0.1, 0.15) is 30.6 Å². The quantitative estimate of drug-likeness (QED) is 0.631. The number of fused-ring (bicyclic) bond motifs is 1. The predicted molar refractivity (Wildman–Crippen MR) is 99.0 cm³/mol. The van der Waals surface area contributed by atoms with Crippen molar-refractivity contribution in [1.29, 1.82) is 0 Å². The number of rotatable bonds is 7. The number of nitrogens with zero attached hydrogens (tertiary/aromatic N) is 1. The van der Waals surface area contributed by atoms with Gasteiger partial charge in [-0.15, -0.1) is 0 Å². The minimum atomic E-state index is -4.40. The van der Waals surface area contributed by atoms with Crippen LogP contribution in [-0.4, -0.2) is 28.7 Å². The molecule has 2 N–H and O–H groups in total. The largest absolute Gasteiger partial charge is 0.483 e. The Labute approximate surface area is 159 Å². The normalized spacial score (nSPS) is 12.7. The van der Waals surface area contributed by atoms with Gasteiger partial charge in [-0.05, 0) is 37.1 Å². The molecule has 8 heteroatoms. The van der Waals surface area contributed by atoms with Crippen LogP contribution in [0.3, 0.4) is 0 Å². The Hall–Kier alpha value is -3.03. The van der Waals surface area contributed by atoms with Gasteiger partial charge in [0.2, 0.25) is 5.91 Å². The van der Waals surface area contributed by atoms with Gasteiger partial charge in [-0.2, -0.15) is 13.2 Å². The summed E-state index contributed by atoms with van der Waals surface area (Å²) in [6.45, 7) is 0.399. The number of carbonyl (C=O) groups is 1. The molecule has 0 aliphatic rings. The molecule has 5 nitrogen and oxygen atoms in total. The number of amides is 1. The minimum absolute atomic E-state index is 0.0268. The zero-order chi connectivity index (χ0) is 20.1. The highest BCUT2D eigenvalue weighted by atomic mass is 19.4. The molecule has 0 radical (unpaired) electrons. The first kappa shape index (κ1) is 19.7. The van der Waals surface area contributed by atoms with Crippen LogP contribution in [0.15, 0.2) is 48.8 Å². The molecule has 148 valence electrons. The molecule has 0 aliphatic carbocycles. The average Bonchev–Trinajstić information content (AvgIpc) is 3.08. The number of pyridine rings is 1. The number of H-pyrrole nitrogens is 1. The first-order valence-electron chi connectivity index (χ1n) is 8.82. The van der Waals surface area contributed by atoms with E-state index in [1.54, 1.807) is 6.92 Å². The third-order valence-corrected chi connectivity index (χ3v) is 4.28. The number of nitrogens with one attached hydrogen (secondary N) is 2. The van der Waals surface area contributed by atoms with E-state index in [0.29, 0.717) is 18.5 Å². The van der Waals surface area contributed by atoms with E-state index < -0.39 is 12.8 Å². The molecule has 3 rings (SSSR count). The fourth-order valence-corrected chi connectivity index (χ4v) is 2.87. The molecule has 1 atom stereocenters. The fraction of sp³-hybridized carbons (Fsp3) is 0.300. The van der Waals surface area contributed by atoms with Crippen LogP contribution in [0.5, 0.6) is 5.75 Å². The molecule has 28 heavy (non-hydrogen) atoms. The molecule has 0 saturated carbocycles. The summed E-state index contributed by atoms with van der Waals surface area (Å²) in [5, 5.41) is 3.95. The Balaban J connectivity index is 1.51. The van der Waals surface area contributed by atoms with Gasteiger partial charge >= 0.3 is 6.18 Å². The lowest BCUT2D eigenvalue weighted by Crippen LogP contribution is -2.27. The van der Waals surface area contributed by atoms with Gasteiger partial charge in [0, 0.05) is 23.5 Å². The summed E-state index contributed by atoms with van der Waals surface area (Å²) < 4.78 is 41.1. The highest BCUT2D eigenvalue weighted by Gasteiger charge is 2.28. The molecule has 0 aliphatic heterocycles. The van der Waals surface area contributed by atoms with E-state index >= 15 is 0 Å². The molecule has 0 saturated heterocycles. The second-order valence-electron chi connectivity index (χ2n) is 6.47. The van der Waals surface area contributed by atoms with Crippen molar-refractivity contribution in [3.63, 3.8) is 0 Å². The molecule has 0 spiro atoms.